The first kappa shape index (κ1) is 19.0. The minimum absolute atomic E-state index is 0.303. The zero-order valence-electron chi connectivity index (χ0n) is 11.2. The average molecular weight is 314 g/mol. The number of pyridine rings is 1. The van der Waals surface area contributed by atoms with Gasteiger partial charge >= 0.3 is 17.9 Å². The van der Waals surface area contributed by atoms with Crippen LogP contribution in [0.3, 0.4) is 0 Å². The Balaban J connectivity index is 0.000000425. The molecule has 0 unspecified atom stereocenters. The molecule has 0 aromatic carbocycles. The first-order valence-electron chi connectivity index (χ1n) is 5.68. The van der Waals surface area contributed by atoms with Gasteiger partial charge in [0.15, 0.2) is 5.60 Å². The molecule has 22 heavy (non-hydrogen) atoms. The van der Waals surface area contributed by atoms with Gasteiger partial charge in [-0.1, -0.05) is 6.07 Å². The van der Waals surface area contributed by atoms with E-state index in [2.05, 4.69) is 4.98 Å². The maximum Gasteiger partial charge on any atom is 0.336 e. The number of carbonyl (C=O) groups excluding carboxylic acids is 1. The molecule has 0 radical (unpaired) electrons. The molecule has 0 saturated carbocycles. The van der Waals surface area contributed by atoms with Crippen LogP contribution >= 0.6 is 0 Å². The Labute approximate surface area is 123 Å². The summed E-state index contributed by atoms with van der Waals surface area (Å²) in [6, 6.07) is 5.02. The SMILES string of the molecule is NC(=O)c1ccccn1.O=C(O)CC(O)(CC(=O)O)C(=O)O. The molecule has 1 heterocycles. The van der Waals surface area contributed by atoms with Crippen LogP contribution in [0.4, 0.5) is 0 Å². The third-order valence-corrected chi connectivity index (χ3v) is 2.20. The molecule has 10 heteroatoms. The van der Waals surface area contributed by atoms with Gasteiger partial charge in [-0.25, -0.2) is 4.79 Å². The summed E-state index contributed by atoms with van der Waals surface area (Å²) < 4.78 is 0. The van der Waals surface area contributed by atoms with Gasteiger partial charge in [-0.05, 0) is 12.1 Å². The molecule has 6 N–H and O–H groups in total. The number of amides is 1. The van der Waals surface area contributed by atoms with Crippen molar-refractivity contribution in [1.82, 2.24) is 4.98 Å². The lowest BCUT2D eigenvalue weighted by atomic mass is 9.96. The van der Waals surface area contributed by atoms with Crippen molar-refractivity contribution in [2.24, 2.45) is 5.73 Å². The third kappa shape index (κ3) is 6.96. The van der Waals surface area contributed by atoms with Crippen LogP contribution in [0.1, 0.15) is 23.3 Å². The fourth-order valence-corrected chi connectivity index (χ4v) is 1.22. The summed E-state index contributed by atoms with van der Waals surface area (Å²) in [7, 11) is 0. The van der Waals surface area contributed by atoms with Crippen LogP contribution < -0.4 is 5.73 Å². The highest BCUT2D eigenvalue weighted by molar-refractivity contribution is 5.90. The first-order chi connectivity index (χ1) is 10.1. The lowest BCUT2D eigenvalue weighted by Crippen LogP contribution is -2.42. The molecule has 1 aromatic heterocycles. The van der Waals surface area contributed by atoms with Crippen LogP contribution in [0.25, 0.3) is 0 Å². The quantitative estimate of drug-likeness (QED) is 0.435. The topological polar surface area (TPSA) is 188 Å². The van der Waals surface area contributed by atoms with Crippen LogP contribution in [0.15, 0.2) is 24.4 Å². The molecule has 0 aliphatic heterocycles. The normalized spacial score (nSPS) is 10.0. The highest BCUT2D eigenvalue weighted by atomic mass is 16.4. The maximum atomic E-state index is 10.4. The lowest BCUT2D eigenvalue weighted by Gasteiger charge is -2.18. The van der Waals surface area contributed by atoms with Crippen molar-refractivity contribution < 1.29 is 39.6 Å². The van der Waals surface area contributed by atoms with E-state index in [1.54, 1.807) is 18.2 Å². The van der Waals surface area contributed by atoms with Gasteiger partial charge in [0.2, 0.25) is 0 Å². The Hall–Kier alpha value is -3.01. The van der Waals surface area contributed by atoms with Crippen molar-refractivity contribution in [3.05, 3.63) is 30.1 Å². The van der Waals surface area contributed by atoms with E-state index in [-0.39, 0.29) is 0 Å². The van der Waals surface area contributed by atoms with E-state index in [1.165, 1.54) is 6.20 Å². The van der Waals surface area contributed by atoms with Crippen molar-refractivity contribution in [2.75, 3.05) is 0 Å². The van der Waals surface area contributed by atoms with Crippen molar-refractivity contribution in [1.29, 1.82) is 0 Å². The van der Waals surface area contributed by atoms with Gasteiger partial charge in [0, 0.05) is 6.20 Å². The van der Waals surface area contributed by atoms with E-state index in [4.69, 9.17) is 26.2 Å². The van der Waals surface area contributed by atoms with Gasteiger partial charge < -0.3 is 26.2 Å². The zero-order chi connectivity index (χ0) is 17.3. The standard InChI is InChI=1S/C6H6N2O.C6H8O7/c7-6(9)5-3-1-2-4-8-5;7-3(8)1-6(13,5(11)12)2-4(9)10/h1-4H,(H2,7,9);13H,1-2H2,(H,7,8)(H,9,10)(H,11,12). The lowest BCUT2D eigenvalue weighted by molar-refractivity contribution is -0.170. The van der Waals surface area contributed by atoms with Gasteiger partial charge in [-0.3, -0.25) is 19.4 Å². The number of carboxylic acids is 3. The summed E-state index contributed by atoms with van der Waals surface area (Å²) in [4.78, 5) is 44.5. The number of nitrogens with two attached hydrogens (primary N) is 1. The predicted octanol–water partition coefficient (Wildman–Crippen LogP) is -1.07. The molecule has 0 saturated heterocycles. The van der Waals surface area contributed by atoms with Crippen LogP contribution in [-0.4, -0.2) is 54.8 Å². The Morgan fingerprint density at radius 3 is 1.77 bits per heavy atom. The van der Waals surface area contributed by atoms with Gasteiger partial charge in [0.25, 0.3) is 5.91 Å². The number of hydrogen-bond acceptors (Lipinski definition) is 6. The second-order valence-electron chi connectivity index (χ2n) is 4.06. The third-order valence-electron chi connectivity index (χ3n) is 2.20. The highest BCUT2D eigenvalue weighted by Gasteiger charge is 2.40. The fraction of sp³-hybridized carbons (Fsp3) is 0.250. The summed E-state index contributed by atoms with van der Waals surface area (Å²) in [5.74, 6) is -5.51. The van der Waals surface area contributed by atoms with E-state index in [0.717, 1.165) is 0 Å². The van der Waals surface area contributed by atoms with E-state index in [0.29, 0.717) is 5.69 Å². The fourth-order valence-electron chi connectivity index (χ4n) is 1.22. The van der Waals surface area contributed by atoms with Crippen LogP contribution in [0.5, 0.6) is 0 Å². The molecule has 0 fully saturated rings. The molecule has 1 amide bonds. The van der Waals surface area contributed by atoms with E-state index in [1.807, 2.05) is 0 Å². The van der Waals surface area contributed by atoms with Crippen molar-refractivity contribution in [3.8, 4) is 0 Å². The molecular formula is C12H14N2O8. The molecule has 0 atom stereocenters. The van der Waals surface area contributed by atoms with Crippen LogP contribution in [-0.2, 0) is 14.4 Å². The van der Waals surface area contributed by atoms with Gasteiger partial charge in [0.05, 0.1) is 12.8 Å². The van der Waals surface area contributed by atoms with E-state index in [9.17, 15) is 19.2 Å². The second kappa shape index (κ2) is 8.32. The largest absolute Gasteiger partial charge is 0.481 e. The Bertz CT molecular complexity index is 542. The Morgan fingerprint density at radius 1 is 1.05 bits per heavy atom. The van der Waals surface area contributed by atoms with Crippen LogP contribution in [0.2, 0.25) is 0 Å². The van der Waals surface area contributed by atoms with Crippen molar-refractivity contribution >= 4 is 23.8 Å². The summed E-state index contributed by atoms with van der Waals surface area (Å²) in [5, 5.41) is 33.8. The summed E-state index contributed by atoms with van der Waals surface area (Å²) in [6.07, 6.45) is -0.761. The number of hydrogen-bond donors (Lipinski definition) is 5. The van der Waals surface area contributed by atoms with Gasteiger partial charge in [-0.2, -0.15) is 0 Å². The number of carboxylic acid groups (broad SMARTS) is 3. The number of aromatic nitrogens is 1. The van der Waals surface area contributed by atoms with Gasteiger partial charge in [-0.15, -0.1) is 0 Å². The molecule has 120 valence electrons. The average Bonchev–Trinajstić information content (AvgIpc) is 2.38. The van der Waals surface area contributed by atoms with Gasteiger partial charge in [0.1, 0.15) is 5.69 Å². The first-order valence-corrected chi connectivity index (χ1v) is 5.68. The zero-order valence-corrected chi connectivity index (χ0v) is 11.2. The Morgan fingerprint density at radius 2 is 1.55 bits per heavy atom. The van der Waals surface area contributed by atoms with E-state index < -0.39 is 42.3 Å². The number of aliphatic hydroxyl groups is 1. The van der Waals surface area contributed by atoms with Crippen LogP contribution in [0, 0.1) is 0 Å². The molecule has 0 aliphatic rings. The Kier molecular flexibility index (Phi) is 7.18. The molecule has 0 aliphatic carbocycles. The molecule has 0 spiro atoms. The maximum absolute atomic E-state index is 10.4. The second-order valence-corrected chi connectivity index (χ2v) is 4.06. The van der Waals surface area contributed by atoms with Crippen molar-refractivity contribution in [3.63, 3.8) is 0 Å². The van der Waals surface area contributed by atoms with E-state index >= 15 is 0 Å². The molecule has 10 nitrogen and oxygen atoms in total. The predicted molar refractivity (Wildman–Crippen MR) is 69.8 cm³/mol. The van der Waals surface area contributed by atoms with Crippen molar-refractivity contribution in [2.45, 2.75) is 18.4 Å². The summed E-state index contributed by atoms with van der Waals surface area (Å²) >= 11 is 0. The number of carbonyl (C=O) groups is 4. The molecule has 1 aromatic rings. The molecule has 1 rings (SSSR count). The highest BCUT2D eigenvalue weighted by Crippen LogP contribution is 2.15. The number of rotatable bonds is 6. The smallest absolute Gasteiger partial charge is 0.336 e. The number of primary amides is 1. The minimum Gasteiger partial charge on any atom is -0.481 e. The summed E-state index contributed by atoms with van der Waals surface area (Å²) in [6.45, 7) is 0. The minimum atomic E-state index is -2.74. The molecular weight excluding hydrogens is 300 g/mol. The molecule has 0 bridgehead atoms. The monoisotopic (exact) mass is 314 g/mol. The number of nitrogens with zero attached hydrogens (tertiary/aromatic N) is 1. The summed E-state index contributed by atoms with van der Waals surface area (Å²) in [5.41, 5.74) is 2.48. The number of aliphatic carboxylic acids is 3.